The summed E-state index contributed by atoms with van der Waals surface area (Å²) in [6, 6.07) is 3.47. The van der Waals surface area contributed by atoms with E-state index in [1.807, 2.05) is 4.57 Å². The zero-order valence-corrected chi connectivity index (χ0v) is 17.4. The molecular formula is C19H25N5O2S2. The molecule has 0 radical (unpaired) electrons. The molecule has 1 saturated heterocycles. The maximum Gasteiger partial charge on any atom is 0.267 e. The molecule has 0 spiro atoms. The average molecular weight is 420 g/mol. The Morgan fingerprint density at radius 3 is 2.82 bits per heavy atom. The molecule has 0 unspecified atom stereocenters. The largest absolute Gasteiger partial charge is 0.303 e. The summed E-state index contributed by atoms with van der Waals surface area (Å²) in [5.74, 6) is 0.309. The quantitative estimate of drug-likeness (QED) is 0.497. The molecule has 1 fully saturated rings. The van der Waals surface area contributed by atoms with E-state index in [1.165, 1.54) is 42.4 Å². The van der Waals surface area contributed by atoms with Crippen molar-refractivity contribution in [3.63, 3.8) is 0 Å². The molecule has 3 heterocycles. The Labute approximate surface area is 173 Å². The Kier molecular flexibility index (Phi) is 7.81. The van der Waals surface area contributed by atoms with Gasteiger partial charge < -0.3 is 9.47 Å². The van der Waals surface area contributed by atoms with E-state index in [1.54, 1.807) is 23.6 Å². The molecule has 1 aliphatic rings. The molecular weight excluding hydrogens is 394 g/mol. The minimum absolute atomic E-state index is 0.110. The number of imide groups is 1. The molecule has 2 amide bonds. The number of amides is 2. The molecule has 0 bridgehead atoms. The third kappa shape index (κ3) is 5.76. The van der Waals surface area contributed by atoms with Crippen LogP contribution < -0.4 is 5.32 Å². The number of carbonyl (C=O) groups is 2. The van der Waals surface area contributed by atoms with Crippen molar-refractivity contribution in [2.45, 2.75) is 37.4 Å². The molecule has 0 atom stereocenters. The standard InChI is InChI=1S/C19H25N5O2S2/c1-2-9-24-16(8-12-23-10-4-3-5-11-23)21-22-19(24)28-14-17(25)20-18(26)15-7-6-13-27-15/h2,6-7,13H,1,3-5,8-12,14H2,(H,20,25,26). The van der Waals surface area contributed by atoms with Crippen LogP contribution in [0.4, 0.5) is 0 Å². The van der Waals surface area contributed by atoms with E-state index in [0.717, 1.165) is 31.9 Å². The molecule has 7 nitrogen and oxygen atoms in total. The molecule has 1 N–H and O–H groups in total. The smallest absolute Gasteiger partial charge is 0.267 e. The predicted molar refractivity (Wildman–Crippen MR) is 112 cm³/mol. The predicted octanol–water partition coefficient (Wildman–Crippen LogP) is 2.60. The van der Waals surface area contributed by atoms with Gasteiger partial charge in [-0.2, -0.15) is 0 Å². The van der Waals surface area contributed by atoms with Crippen molar-refractivity contribution >= 4 is 34.9 Å². The van der Waals surface area contributed by atoms with Crippen LogP contribution in [0.3, 0.4) is 0 Å². The first-order valence-electron chi connectivity index (χ1n) is 9.43. The Morgan fingerprint density at radius 1 is 1.29 bits per heavy atom. The van der Waals surface area contributed by atoms with Crippen molar-refractivity contribution in [3.8, 4) is 0 Å². The summed E-state index contributed by atoms with van der Waals surface area (Å²) in [7, 11) is 0. The third-order valence-electron chi connectivity index (χ3n) is 4.54. The Morgan fingerprint density at radius 2 is 2.11 bits per heavy atom. The molecule has 2 aromatic rings. The van der Waals surface area contributed by atoms with Crippen molar-refractivity contribution in [1.82, 2.24) is 25.0 Å². The van der Waals surface area contributed by atoms with Crippen LogP contribution in [0.15, 0.2) is 35.3 Å². The van der Waals surface area contributed by atoms with E-state index < -0.39 is 0 Å². The number of thioether (sulfide) groups is 1. The Hall–Kier alpha value is -1.97. The van der Waals surface area contributed by atoms with Gasteiger partial charge in [0.05, 0.1) is 10.6 Å². The molecule has 150 valence electrons. The normalized spacial score (nSPS) is 14.7. The third-order valence-corrected chi connectivity index (χ3v) is 6.37. The molecule has 0 saturated carbocycles. The molecule has 28 heavy (non-hydrogen) atoms. The Bertz CT molecular complexity index is 797. The highest BCUT2D eigenvalue weighted by atomic mass is 32.2. The van der Waals surface area contributed by atoms with Crippen LogP contribution in [0.5, 0.6) is 0 Å². The first kappa shape index (κ1) is 20.8. The van der Waals surface area contributed by atoms with Crippen LogP contribution in [0.2, 0.25) is 0 Å². The van der Waals surface area contributed by atoms with Gasteiger partial charge in [-0.05, 0) is 37.4 Å². The van der Waals surface area contributed by atoms with Gasteiger partial charge in [0, 0.05) is 19.5 Å². The number of aromatic nitrogens is 3. The van der Waals surface area contributed by atoms with Crippen LogP contribution in [-0.2, 0) is 17.8 Å². The number of allylic oxidation sites excluding steroid dienone is 1. The minimum Gasteiger partial charge on any atom is -0.303 e. The molecule has 9 heteroatoms. The second-order valence-electron chi connectivity index (χ2n) is 6.59. The molecule has 1 aliphatic heterocycles. The lowest BCUT2D eigenvalue weighted by molar-refractivity contribution is -0.117. The first-order chi connectivity index (χ1) is 13.7. The van der Waals surface area contributed by atoms with Crippen molar-refractivity contribution in [1.29, 1.82) is 0 Å². The van der Waals surface area contributed by atoms with Crippen LogP contribution in [0, 0.1) is 0 Å². The lowest BCUT2D eigenvalue weighted by Crippen LogP contribution is -2.32. The Balaban J connectivity index is 1.53. The van der Waals surface area contributed by atoms with Crippen LogP contribution in [-0.4, -0.2) is 56.9 Å². The summed E-state index contributed by atoms with van der Waals surface area (Å²) < 4.78 is 2.00. The second-order valence-corrected chi connectivity index (χ2v) is 8.48. The van der Waals surface area contributed by atoms with Gasteiger partial charge in [0.15, 0.2) is 5.16 Å². The summed E-state index contributed by atoms with van der Waals surface area (Å²) in [6.07, 6.45) is 6.48. The number of nitrogens with zero attached hydrogens (tertiary/aromatic N) is 4. The summed E-state index contributed by atoms with van der Waals surface area (Å²) in [5, 5.41) is 13.4. The van der Waals surface area contributed by atoms with E-state index in [-0.39, 0.29) is 17.6 Å². The number of thiophene rings is 1. The van der Waals surface area contributed by atoms with E-state index in [0.29, 0.717) is 16.6 Å². The van der Waals surface area contributed by atoms with E-state index in [4.69, 9.17) is 0 Å². The number of hydrogen-bond donors (Lipinski definition) is 1. The van der Waals surface area contributed by atoms with Gasteiger partial charge in [-0.3, -0.25) is 14.9 Å². The summed E-state index contributed by atoms with van der Waals surface area (Å²) in [4.78, 5) is 27.0. The van der Waals surface area contributed by atoms with Crippen LogP contribution in [0.25, 0.3) is 0 Å². The summed E-state index contributed by atoms with van der Waals surface area (Å²) in [5.41, 5.74) is 0. The number of likely N-dealkylation sites (tertiary alicyclic amines) is 1. The fraction of sp³-hybridized carbons (Fsp3) is 0.474. The van der Waals surface area contributed by atoms with Gasteiger partial charge >= 0.3 is 0 Å². The van der Waals surface area contributed by atoms with Gasteiger partial charge in [0.1, 0.15) is 5.82 Å². The number of carbonyl (C=O) groups excluding carboxylic acids is 2. The van der Waals surface area contributed by atoms with Gasteiger partial charge in [-0.1, -0.05) is 30.3 Å². The first-order valence-corrected chi connectivity index (χ1v) is 11.3. The van der Waals surface area contributed by atoms with Gasteiger partial charge in [0.2, 0.25) is 5.91 Å². The highest BCUT2D eigenvalue weighted by Crippen LogP contribution is 2.18. The van der Waals surface area contributed by atoms with Gasteiger partial charge in [0.25, 0.3) is 5.91 Å². The number of piperidine rings is 1. The van der Waals surface area contributed by atoms with Crippen LogP contribution in [0.1, 0.15) is 34.8 Å². The van der Waals surface area contributed by atoms with Crippen molar-refractivity contribution in [3.05, 3.63) is 40.9 Å². The zero-order valence-electron chi connectivity index (χ0n) is 15.8. The van der Waals surface area contributed by atoms with Crippen molar-refractivity contribution in [2.24, 2.45) is 0 Å². The van der Waals surface area contributed by atoms with E-state index in [9.17, 15) is 9.59 Å². The second kappa shape index (κ2) is 10.5. The minimum atomic E-state index is -0.365. The number of rotatable bonds is 9. The van der Waals surface area contributed by atoms with Crippen molar-refractivity contribution in [2.75, 3.05) is 25.4 Å². The summed E-state index contributed by atoms with van der Waals surface area (Å²) in [6.45, 7) is 7.67. The maximum atomic E-state index is 12.1. The molecule has 2 aromatic heterocycles. The maximum absolute atomic E-state index is 12.1. The van der Waals surface area contributed by atoms with E-state index in [2.05, 4.69) is 27.0 Å². The average Bonchev–Trinajstić information content (AvgIpc) is 3.37. The zero-order chi connectivity index (χ0) is 19.8. The highest BCUT2D eigenvalue weighted by Gasteiger charge is 2.17. The lowest BCUT2D eigenvalue weighted by atomic mass is 10.1. The fourth-order valence-electron chi connectivity index (χ4n) is 3.13. The highest BCUT2D eigenvalue weighted by molar-refractivity contribution is 7.99. The SMILES string of the molecule is C=CCn1c(CCN2CCCCC2)nnc1SCC(=O)NC(=O)c1cccs1. The molecule has 0 aliphatic carbocycles. The lowest BCUT2D eigenvalue weighted by Gasteiger charge is -2.26. The number of nitrogens with one attached hydrogen (secondary N) is 1. The number of hydrogen-bond acceptors (Lipinski definition) is 7. The topological polar surface area (TPSA) is 80.1 Å². The van der Waals surface area contributed by atoms with Gasteiger partial charge in [-0.25, -0.2) is 0 Å². The van der Waals surface area contributed by atoms with Crippen molar-refractivity contribution < 1.29 is 9.59 Å². The monoisotopic (exact) mass is 419 g/mol. The van der Waals surface area contributed by atoms with E-state index >= 15 is 0 Å². The van der Waals surface area contributed by atoms with Crippen LogP contribution >= 0.6 is 23.1 Å². The summed E-state index contributed by atoms with van der Waals surface area (Å²) >= 11 is 2.59. The molecule has 0 aromatic carbocycles. The van der Waals surface area contributed by atoms with Gasteiger partial charge in [-0.15, -0.1) is 28.1 Å². The molecule has 3 rings (SSSR count). The fourth-order valence-corrected chi connectivity index (χ4v) is 4.51.